The summed E-state index contributed by atoms with van der Waals surface area (Å²) >= 11 is 0. The van der Waals surface area contributed by atoms with Crippen molar-refractivity contribution in [3.8, 4) is 11.6 Å². The van der Waals surface area contributed by atoms with Crippen LogP contribution >= 0.6 is 0 Å². The molecule has 5 heteroatoms. The Labute approximate surface area is 123 Å². The van der Waals surface area contributed by atoms with E-state index >= 15 is 0 Å². The van der Waals surface area contributed by atoms with E-state index in [0.717, 1.165) is 24.1 Å². The van der Waals surface area contributed by atoms with Gasteiger partial charge in [0.15, 0.2) is 0 Å². The van der Waals surface area contributed by atoms with E-state index in [-0.39, 0.29) is 11.8 Å². The highest BCUT2D eigenvalue weighted by Gasteiger charge is 2.29. The van der Waals surface area contributed by atoms with Crippen LogP contribution in [-0.4, -0.2) is 15.9 Å². The molecule has 1 fully saturated rings. The summed E-state index contributed by atoms with van der Waals surface area (Å²) in [5.41, 5.74) is 1.78. The number of aromatic nitrogens is 2. The number of amides is 1. The third-order valence-corrected chi connectivity index (χ3v) is 3.35. The van der Waals surface area contributed by atoms with E-state index in [1.165, 1.54) is 0 Å². The zero-order valence-corrected chi connectivity index (χ0v) is 11.9. The summed E-state index contributed by atoms with van der Waals surface area (Å²) in [4.78, 5) is 20.1. The highest BCUT2D eigenvalue weighted by atomic mass is 16.5. The number of rotatable bonds is 5. The van der Waals surface area contributed by atoms with E-state index in [9.17, 15) is 4.79 Å². The normalized spacial score (nSPS) is 13.8. The molecule has 108 valence electrons. The lowest BCUT2D eigenvalue weighted by Gasteiger charge is -2.10. The van der Waals surface area contributed by atoms with Crippen LogP contribution in [0.2, 0.25) is 0 Å². The van der Waals surface area contributed by atoms with E-state index in [2.05, 4.69) is 15.3 Å². The number of hydrogen-bond acceptors (Lipinski definition) is 4. The Kier molecular flexibility index (Phi) is 3.81. The fourth-order valence-electron chi connectivity index (χ4n) is 1.95. The van der Waals surface area contributed by atoms with E-state index in [4.69, 9.17) is 4.74 Å². The molecule has 0 saturated heterocycles. The summed E-state index contributed by atoms with van der Waals surface area (Å²) in [6, 6.07) is 7.46. The van der Waals surface area contributed by atoms with Gasteiger partial charge in [0.1, 0.15) is 5.75 Å². The number of hydrogen-bond donors (Lipinski definition) is 1. The van der Waals surface area contributed by atoms with Gasteiger partial charge in [-0.05, 0) is 38.0 Å². The Morgan fingerprint density at radius 3 is 2.90 bits per heavy atom. The van der Waals surface area contributed by atoms with Gasteiger partial charge in [-0.15, -0.1) is 0 Å². The maximum atomic E-state index is 11.7. The van der Waals surface area contributed by atoms with Crippen LogP contribution in [-0.2, 0) is 11.3 Å². The van der Waals surface area contributed by atoms with Crippen LogP contribution in [0, 0.1) is 12.8 Å². The monoisotopic (exact) mass is 283 g/mol. The highest BCUT2D eigenvalue weighted by molar-refractivity contribution is 5.80. The van der Waals surface area contributed by atoms with Crippen molar-refractivity contribution in [2.75, 3.05) is 0 Å². The van der Waals surface area contributed by atoms with Gasteiger partial charge in [0.05, 0.1) is 6.20 Å². The quantitative estimate of drug-likeness (QED) is 0.916. The number of nitrogens with one attached hydrogen (secondary N) is 1. The number of nitrogens with zero attached hydrogens (tertiary/aromatic N) is 2. The first-order valence-corrected chi connectivity index (χ1v) is 7.04. The number of ether oxygens (including phenoxy) is 1. The number of aryl methyl sites for hydroxylation is 1. The highest BCUT2D eigenvalue weighted by Crippen LogP contribution is 2.29. The molecule has 2 heterocycles. The minimum Gasteiger partial charge on any atom is -0.437 e. The SMILES string of the molecule is Cc1ccc(Oc2ncccc2CNC(=O)C2CC2)cn1. The molecule has 0 atom stereocenters. The van der Waals surface area contributed by atoms with Crippen molar-refractivity contribution in [1.82, 2.24) is 15.3 Å². The average molecular weight is 283 g/mol. The molecule has 0 aromatic carbocycles. The zero-order valence-electron chi connectivity index (χ0n) is 11.9. The number of carbonyl (C=O) groups is 1. The van der Waals surface area contributed by atoms with Crippen LogP contribution in [0.1, 0.15) is 24.1 Å². The van der Waals surface area contributed by atoms with Gasteiger partial charge in [0, 0.05) is 29.9 Å². The van der Waals surface area contributed by atoms with Crippen molar-refractivity contribution >= 4 is 5.91 Å². The lowest BCUT2D eigenvalue weighted by atomic mass is 10.2. The second-order valence-corrected chi connectivity index (χ2v) is 5.20. The maximum Gasteiger partial charge on any atom is 0.224 e. The van der Waals surface area contributed by atoms with Crippen molar-refractivity contribution in [1.29, 1.82) is 0 Å². The van der Waals surface area contributed by atoms with Crippen molar-refractivity contribution in [3.63, 3.8) is 0 Å². The average Bonchev–Trinajstić information content (AvgIpc) is 3.33. The Morgan fingerprint density at radius 1 is 1.33 bits per heavy atom. The topological polar surface area (TPSA) is 64.1 Å². The van der Waals surface area contributed by atoms with E-state index < -0.39 is 0 Å². The van der Waals surface area contributed by atoms with Crippen molar-refractivity contribution in [2.24, 2.45) is 5.92 Å². The van der Waals surface area contributed by atoms with Crippen LogP contribution in [0.4, 0.5) is 0 Å². The molecular formula is C16H17N3O2. The molecule has 1 aliphatic carbocycles. The second-order valence-electron chi connectivity index (χ2n) is 5.20. The predicted octanol–water partition coefficient (Wildman–Crippen LogP) is 2.60. The molecule has 1 amide bonds. The molecule has 2 aromatic rings. The Hall–Kier alpha value is -2.43. The van der Waals surface area contributed by atoms with Gasteiger partial charge in [-0.2, -0.15) is 0 Å². The van der Waals surface area contributed by atoms with Crippen LogP contribution in [0.3, 0.4) is 0 Å². The third kappa shape index (κ3) is 3.56. The van der Waals surface area contributed by atoms with Crippen molar-refractivity contribution < 1.29 is 9.53 Å². The Bertz CT molecular complexity index is 636. The maximum absolute atomic E-state index is 11.7. The Balaban J connectivity index is 1.69. The summed E-state index contributed by atoms with van der Waals surface area (Å²) in [6.07, 6.45) is 5.33. The molecule has 2 aromatic heterocycles. The fourth-order valence-corrected chi connectivity index (χ4v) is 1.95. The zero-order chi connectivity index (χ0) is 14.7. The van der Waals surface area contributed by atoms with E-state index in [1.807, 2.05) is 31.2 Å². The van der Waals surface area contributed by atoms with Crippen molar-refractivity contribution in [2.45, 2.75) is 26.3 Å². The largest absolute Gasteiger partial charge is 0.437 e. The van der Waals surface area contributed by atoms with Crippen molar-refractivity contribution in [3.05, 3.63) is 47.9 Å². The summed E-state index contributed by atoms with van der Waals surface area (Å²) < 4.78 is 5.75. The van der Waals surface area contributed by atoms with E-state index in [1.54, 1.807) is 12.4 Å². The van der Waals surface area contributed by atoms with Gasteiger partial charge in [-0.1, -0.05) is 6.07 Å². The molecule has 0 aliphatic heterocycles. The van der Waals surface area contributed by atoms with Crippen LogP contribution in [0.5, 0.6) is 11.6 Å². The summed E-state index contributed by atoms with van der Waals surface area (Å²) in [6.45, 7) is 2.35. The first-order valence-electron chi connectivity index (χ1n) is 7.04. The Morgan fingerprint density at radius 2 is 2.19 bits per heavy atom. The van der Waals surface area contributed by atoms with Gasteiger partial charge in [0.2, 0.25) is 11.8 Å². The van der Waals surface area contributed by atoms with Crippen LogP contribution in [0.15, 0.2) is 36.7 Å². The standard InChI is InChI=1S/C16H17N3O2/c1-11-4-7-14(10-18-11)21-16-13(3-2-8-17-16)9-19-15(20)12-5-6-12/h2-4,7-8,10,12H,5-6,9H2,1H3,(H,19,20). The molecule has 1 N–H and O–H groups in total. The molecule has 21 heavy (non-hydrogen) atoms. The van der Waals surface area contributed by atoms with Gasteiger partial charge in [0.25, 0.3) is 0 Å². The molecule has 0 bridgehead atoms. The molecular weight excluding hydrogens is 266 g/mol. The lowest BCUT2D eigenvalue weighted by Crippen LogP contribution is -2.24. The molecule has 5 nitrogen and oxygen atoms in total. The van der Waals surface area contributed by atoms with Gasteiger partial charge in [-0.3, -0.25) is 9.78 Å². The lowest BCUT2D eigenvalue weighted by molar-refractivity contribution is -0.122. The van der Waals surface area contributed by atoms with Gasteiger partial charge < -0.3 is 10.1 Å². The molecule has 3 rings (SSSR count). The smallest absolute Gasteiger partial charge is 0.224 e. The summed E-state index contributed by atoms with van der Waals surface area (Å²) in [5.74, 6) is 1.45. The number of pyridine rings is 2. The minimum atomic E-state index is 0.113. The van der Waals surface area contributed by atoms with Gasteiger partial charge >= 0.3 is 0 Å². The molecule has 0 radical (unpaired) electrons. The third-order valence-electron chi connectivity index (χ3n) is 3.35. The fraction of sp³-hybridized carbons (Fsp3) is 0.312. The molecule has 1 saturated carbocycles. The predicted molar refractivity (Wildman–Crippen MR) is 77.9 cm³/mol. The molecule has 0 spiro atoms. The van der Waals surface area contributed by atoms with E-state index in [0.29, 0.717) is 18.2 Å². The summed E-state index contributed by atoms with van der Waals surface area (Å²) in [7, 11) is 0. The minimum absolute atomic E-state index is 0.113. The van der Waals surface area contributed by atoms with Crippen LogP contribution in [0.25, 0.3) is 0 Å². The van der Waals surface area contributed by atoms with Gasteiger partial charge in [-0.25, -0.2) is 4.98 Å². The van der Waals surface area contributed by atoms with Crippen LogP contribution < -0.4 is 10.1 Å². The first kappa shape index (κ1) is 13.5. The summed E-state index contributed by atoms with van der Waals surface area (Å²) in [5, 5.41) is 2.92. The second kappa shape index (κ2) is 5.91. The number of carbonyl (C=O) groups excluding carboxylic acids is 1. The molecule has 1 aliphatic rings. The first-order chi connectivity index (χ1) is 10.2. The molecule has 0 unspecified atom stereocenters.